The van der Waals surface area contributed by atoms with E-state index in [0.29, 0.717) is 12.5 Å². The van der Waals surface area contributed by atoms with E-state index in [1.54, 1.807) is 12.1 Å². The molecule has 1 nitrogen and oxygen atoms in total. The molecule has 1 rings (SSSR count). The van der Waals surface area contributed by atoms with Gasteiger partial charge in [0.15, 0.2) is 0 Å². The van der Waals surface area contributed by atoms with Gasteiger partial charge >= 0.3 is 0 Å². The zero-order valence-electron chi connectivity index (χ0n) is 8.26. The predicted molar refractivity (Wildman–Crippen MR) is 57.9 cm³/mol. The standard InChI is InChI=1S/C11H15ClFN/c1-8(7-14)2-3-9-4-5-11(13)10(12)6-9/h4-6,8H,2-3,7,14H2,1H3. The molecule has 0 aliphatic carbocycles. The lowest BCUT2D eigenvalue weighted by atomic mass is 10.0. The molecule has 2 N–H and O–H groups in total. The monoisotopic (exact) mass is 215 g/mol. The summed E-state index contributed by atoms with van der Waals surface area (Å²) < 4.78 is 12.8. The van der Waals surface area contributed by atoms with Crippen LogP contribution in [0.25, 0.3) is 0 Å². The van der Waals surface area contributed by atoms with Crippen molar-refractivity contribution in [2.75, 3.05) is 6.54 Å². The molecule has 0 saturated heterocycles. The summed E-state index contributed by atoms with van der Waals surface area (Å²) in [4.78, 5) is 0. The van der Waals surface area contributed by atoms with Crippen LogP contribution in [0.5, 0.6) is 0 Å². The van der Waals surface area contributed by atoms with Gasteiger partial charge in [0, 0.05) is 0 Å². The molecule has 3 heteroatoms. The number of aryl methyl sites for hydroxylation is 1. The second kappa shape index (κ2) is 5.32. The van der Waals surface area contributed by atoms with Crippen LogP contribution < -0.4 is 5.73 Å². The quantitative estimate of drug-likeness (QED) is 0.821. The SMILES string of the molecule is CC(CN)CCc1ccc(F)c(Cl)c1. The maximum atomic E-state index is 12.8. The highest BCUT2D eigenvalue weighted by Crippen LogP contribution is 2.18. The summed E-state index contributed by atoms with van der Waals surface area (Å²) in [6, 6.07) is 4.86. The first-order valence-corrected chi connectivity index (χ1v) is 5.15. The van der Waals surface area contributed by atoms with E-state index < -0.39 is 0 Å². The van der Waals surface area contributed by atoms with Gasteiger partial charge in [-0.05, 0) is 43.0 Å². The minimum absolute atomic E-state index is 0.197. The number of hydrogen-bond donors (Lipinski definition) is 1. The Morgan fingerprint density at radius 2 is 2.21 bits per heavy atom. The van der Waals surface area contributed by atoms with Gasteiger partial charge < -0.3 is 5.73 Å². The van der Waals surface area contributed by atoms with Crippen molar-refractivity contribution in [1.29, 1.82) is 0 Å². The largest absolute Gasteiger partial charge is 0.330 e. The molecule has 0 heterocycles. The van der Waals surface area contributed by atoms with E-state index in [1.807, 2.05) is 0 Å². The van der Waals surface area contributed by atoms with Gasteiger partial charge in [-0.1, -0.05) is 24.6 Å². The fourth-order valence-electron chi connectivity index (χ4n) is 1.23. The van der Waals surface area contributed by atoms with Gasteiger partial charge in [-0.25, -0.2) is 4.39 Å². The summed E-state index contributed by atoms with van der Waals surface area (Å²) in [5.41, 5.74) is 6.57. The molecule has 1 atom stereocenters. The number of halogens is 2. The first-order chi connectivity index (χ1) is 6.63. The molecule has 0 aliphatic heterocycles. The van der Waals surface area contributed by atoms with Crippen LogP contribution in [0.2, 0.25) is 5.02 Å². The van der Waals surface area contributed by atoms with Crippen molar-refractivity contribution < 1.29 is 4.39 Å². The number of hydrogen-bond acceptors (Lipinski definition) is 1. The van der Waals surface area contributed by atoms with Crippen LogP contribution in [0.1, 0.15) is 18.9 Å². The molecule has 0 spiro atoms. The molecule has 1 aromatic carbocycles. The van der Waals surface area contributed by atoms with Gasteiger partial charge in [-0.15, -0.1) is 0 Å². The van der Waals surface area contributed by atoms with Crippen molar-refractivity contribution in [3.05, 3.63) is 34.6 Å². The summed E-state index contributed by atoms with van der Waals surface area (Å²) in [5, 5.41) is 0.197. The Hall–Kier alpha value is -0.600. The minimum atomic E-state index is -0.359. The fourth-order valence-corrected chi connectivity index (χ4v) is 1.43. The highest BCUT2D eigenvalue weighted by atomic mass is 35.5. The van der Waals surface area contributed by atoms with Gasteiger partial charge in [0.2, 0.25) is 0 Å². The molecule has 0 bridgehead atoms. The molecular formula is C11H15ClFN. The normalized spacial score (nSPS) is 12.9. The van der Waals surface area contributed by atoms with E-state index in [0.717, 1.165) is 18.4 Å². The van der Waals surface area contributed by atoms with Crippen LogP contribution in [-0.4, -0.2) is 6.54 Å². The van der Waals surface area contributed by atoms with E-state index in [4.69, 9.17) is 17.3 Å². The molecule has 0 radical (unpaired) electrons. The molecule has 0 aromatic heterocycles. The van der Waals surface area contributed by atoms with Gasteiger partial charge in [-0.2, -0.15) is 0 Å². The molecule has 1 unspecified atom stereocenters. The maximum Gasteiger partial charge on any atom is 0.141 e. The van der Waals surface area contributed by atoms with E-state index in [1.165, 1.54) is 6.07 Å². The number of rotatable bonds is 4. The topological polar surface area (TPSA) is 26.0 Å². The summed E-state index contributed by atoms with van der Waals surface area (Å²) in [6.07, 6.45) is 1.91. The Morgan fingerprint density at radius 3 is 2.79 bits per heavy atom. The lowest BCUT2D eigenvalue weighted by Crippen LogP contribution is -2.11. The van der Waals surface area contributed by atoms with E-state index in [2.05, 4.69) is 6.92 Å². The first kappa shape index (κ1) is 11.5. The highest BCUT2D eigenvalue weighted by Gasteiger charge is 2.03. The molecule has 78 valence electrons. The van der Waals surface area contributed by atoms with Gasteiger partial charge in [0.05, 0.1) is 5.02 Å². The van der Waals surface area contributed by atoms with E-state index in [-0.39, 0.29) is 10.8 Å². The smallest absolute Gasteiger partial charge is 0.141 e. The number of nitrogens with two attached hydrogens (primary N) is 1. The molecule has 0 amide bonds. The van der Waals surface area contributed by atoms with Crippen LogP contribution in [0.15, 0.2) is 18.2 Å². The van der Waals surface area contributed by atoms with Crippen LogP contribution >= 0.6 is 11.6 Å². The third-order valence-electron chi connectivity index (χ3n) is 2.31. The van der Waals surface area contributed by atoms with Gasteiger partial charge in [-0.3, -0.25) is 0 Å². The van der Waals surface area contributed by atoms with Crippen molar-refractivity contribution in [2.45, 2.75) is 19.8 Å². The Bertz CT molecular complexity index is 301. The average molecular weight is 216 g/mol. The second-order valence-corrected chi connectivity index (χ2v) is 4.04. The zero-order chi connectivity index (χ0) is 10.6. The second-order valence-electron chi connectivity index (χ2n) is 3.63. The van der Waals surface area contributed by atoms with Crippen molar-refractivity contribution in [3.63, 3.8) is 0 Å². The summed E-state index contributed by atoms with van der Waals surface area (Å²) >= 11 is 5.66. The third-order valence-corrected chi connectivity index (χ3v) is 2.60. The van der Waals surface area contributed by atoms with E-state index in [9.17, 15) is 4.39 Å². The lowest BCUT2D eigenvalue weighted by molar-refractivity contribution is 0.544. The van der Waals surface area contributed by atoms with Crippen molar-refractivity contribution in [2.24, 2.45) is 11.7 Å². The molecule has 0 fully saturated rings. The fraction of sp³-hybridized carbons (Fsp3) is 0.455. The summed E-state index contributed by atoms with van der Waals surface area (Å²) in [7, 11) is 0. The first-order valence-electron chi connectivity index (χ1n) is 4.77. The van der Waals surface area contributed by atoms with Crippen molar-refractivity contribution in [3.8, 4) is 0 Å². The Balaban J connectivity index is 2.55. The zero-order valence-corrected chi connectivity index (χ0v) is 9.02. The van der Waals surface area contributed by atoms with Crippen LogP contribution in [0.3, 0.4) is 0 Å². The minimum Gasteiger partial charge on any atom is -0.330 e. The van der Waals surface area contributed by atoms with E-state index >= 15 is 0 Å². The highest BCUT2D eigenvalue weighted by molar-refractivity contribution is 6.30. The Kier molecular flexibility index (Phi) is 4.36. The van der Waals surface area contributed by atoms with Crippen LogP contribution in [0, 0.1) is 11.7 Å². The molecule has 0 aliphatic rings. The number of benzene rings is 1. The van der Waals surface area contributed by atoms with Crippen molar-refractivity contribution in [1.82, 2.24) is 0 Å². The lowest BCUT2D eigenvalue weighted by Gasteiger charge is -2.08. The predicted octanol–water partition coefficient (Wildman–Crippen LogP) is 3.01. The van der Waals surface area contributed by atoms with Crippen molar-refractivity contribution >= 4 is 11.6 Å². The van der Waals surface area contributed by atoms with Gasteiger partial charge in [0.1, 0.15) is 5.82 Å². The molecule has 0 saturated carbocycles. The Morgan fingerprint density at radius 1 is 1.50 bits per heavy atom. The third kappa shape index (κ3) is 3.28. The maximum absolute atomic E-state index is 12.8. The van der Waals surface area contributed by atoms with Crippen LogP contribution in [0.4, 0.5) is 4.39 Å². The molecular weight excluding hydrogens is 201 g/mol. The van der Waals surface area contributed by atoms with Crippen LogP contribution in [-0.2, 0) is 6.42 Å². The van der Waals surface area contributed by atoms with Gasteiger partial charge in [0.25, 0.3) is 0 Å². The summed E-state index contributed by atoms with van der Waals surface area (Å²) in [6.45, 7) is 2.79. The molecule has 14 heavy (non-hydrogen) atoms. The average Bonchev–Trinajstić information content (AvgIpc) is 2.19. The summed E-state index contributed by atoms with van der Waals surface area (Å²) in [5.74, 6) is 0.140. The Labute approximate surface area is 89.1 Å². The molecule has 1 aromatic rings.